The number of hydrogen-bond donors (Lipinski definition) is 2. The third-order valence-corrected chi connectivity index (χ3v) is 26.0. The molecule has 3 fully saturated rings. The van der Waals surface area contributed by atoms with Crippen molar-refractivity contribution in [2.45, 2.75) is 133 Å². The maximum Gasteiger partial charge on any atom is 0.475 e. The molecule has 0 spiro atoms. The van der Waals surface area contributed by atoms with E-state index in [2.05, 4.69) is 52.9 Å². The molecular weight excluding hydrogens is 1030 g/mol. The van der Waals surface area contributed by atoms with Crippen LogP contribution in [0, 0.1) is 23.1 Å². The lowest BCUT2D eigenvalue weighted by molar-refractivity contribution is -0.0570. The number of phosphoric ester groups is 1. The van der Waals surface area contributed by atoms with Crippen LogP contribution in [0.5, 0.6) is 0 Å². The molecule has 5 aromatic rings. The highest BCUT2D eigenvalue weighted by molar-refractivity contribution is 7.48. The zero-order valence-corrected chi connectivity index (χ0v) is 45.7. The van der Waals surface area contributed by atoms with E-state index in [1.54, 1.807) is 30.3 Å². The van der Waals surface area contributed by atoms with Gasteiger partial charge in [-0.15, -0.1) is 0 Å². The average Bonchev–Trinajstić information content (AvgIpc) is 4.09. The van der Waals surface area contributed by atoms with E-state index in [0.717, 1.165) is 17.1 Å². The fourth-order valence-corrected chi connectivity index (χ4v) is 23.4. The predicted octanol–water partition coefficient (Wildman–Crippen LogP) is 7.93. The van der Waals surface area contributed by atoms with Crippen LogP contribution in [0.3, 0.4) is 0 Å². The summed E-state index contributed by atoms with van der Waals surface area (Å²) in [6, 6.07) is 9.27. The number of alkyl halides is 1. The van der Waals surface area contributed by atoms with Gasteiger partial charge in [0.25, 0.3) is 11.5 Å². The van der Waals surface area contributed by atoms with Crippen LogP contribution in [0.4, 0.5) is 14.6 Å². The van der Waals surface area contributed by atoms with Crippen molar-refractivity contribution in [1.29, 1.82) is 5.26 Å². The Bertz CT molecular complexity index is 2960. The molecule has 10 atom stereocenters. The molecule has 2 unspecified atom stereocenters. The highest BCUT2D eigenvalue weighted by Crippen LogP contribution is 2.58. The van der Waals surface area contributed by atoms with Gasteiger partial charge in [-0.1, -0.05) is 73.6 Å². The number of phosphoric acid groups is 1. The van der Waals surface area contributed by atoms with E-state index in [1.807, 2.05) is 33.8 Å². The van der Waals surface area contributed by atoms with Crippen molar-refractivity contribution in [3.63, 3.8) is 0 Å². The summed E-state index contributed by atoms with van der Waals surface area (Å²) >= 11 is 0. The molecule has 0 bridgehead atoms. The minimum atomic E-state index is -5.01. The number of imidazole rings is 1. The number of ether oxygens (including phenoxy) is 1. The third kappa shape index (κ3) is 10.6. The number of hydrogen-bond acceptors (Lipinski definition) is 17. The molecule has 73 heavy (non-hydrogen) atoms. The van der Waals surface area contributed by atoms with Crippen LogP contribution >= 0.6 is 16.1 Å². The SMILES string of the molecule is CC(C)[Si]1(C(C)C)OC[C@H]2C[C@@H](n3cc(F)c4c(=O)n(C)cnc43)[C@H](OP(=O)(OCCC#N)OC[C@H]3O[C@@H](n4cnc5c(NC(=O)c6ccccc6)ncnc54)[C@H](F)[C@@H]3O[PH](=O)O)[C@@H]2O[Si](C(C)C)(C(C)C)O1. The van der Waals surface area contributed by atoms with Crippen LogP contribution in [0.25, 0.3) is 22.2 Å². The quantitative estimate of drug-likeness (QED) is 0.0479. The monoisotopic (exact) mass is 1090 g/mol. The lowest BCUT2D eigenvalue weighted by Gasteiger charge is -2.52. The van der Waals surface area contributed by atoms with Gasteiger partial charge in [-0.2, -0.15) is 5.26 Å². The minimum Gasteiger partial charge on any atom is -0.414 e. The first kappa shape index (κ1) is 54.8. The van der Waals surface area contributed by atoms with E-state index in [9.17, 15) is 24.3 Å². The molecule has 1 aromatic carbocycles. The molecule has 2 N–H and O–H groups in total. The molecule has 3 aliphatic rings. The van der Waals surface area contributed by atoms with Gasteiger partial charge in [0.2, 0.25) is 0 Å². The Morgan fingerprint density at radius 2 is 1.68 bits per heavy atom. The van der Waals surface area contributed by atoms with Gasteiger partial charge in [0.05, 0.1) is 50.5 Å². The molecule has 22 nitrogen and oxygen atoms in total. The molecule has 0 radical (unpaired) electrons. The molecule has 2 aliphatic heterocycles. The topological polar surface area (TPSA) is 265 Å². The first-order valence-electron chi connectivity index (χ1n) is 24.1. The molecule has 4 aromatic heterocycles. The van der Waals surface area contributed by atoms with E-state index in [1.165, 1.54) is 28.8 Å². The average molecular weight is 1090 g/mol. The highest BCUT2D eigenvalue weighted by Gasteiger charge is 2.63. The number of nitrogens with zero attached hydrogens (tertiary/aromatic N) is 8. The van der Waals surface area contributed by atoms with Crippen molar-refractivity contribution in [3.05, 3.63) is 77.2 Å². The number of rotatable bonds is 18. The molecule has 6 heterocycles. The smallest absolute Gasteiger partial charge is 0.414 e. The number of nitrogens with one attached hydrogen (secondary N) is 1. The number of aromatic nitrogens is 7. The molecular formula is C45H61F2N9O13P2Si2. The van der Waals surface area contributed by atoms with Crippen LogP contribution in [0.15, 0.2) is 60.3 Å². The maximum atomic E-state index is 16.8. The van der Waals surface area contributed by atoms with Crippen LogP contribution < -0.4 is 10.9 Å². The second kappa shape index (κ2) is 22.0. The number of benzene rings is 1. The Hall–Kier alpha value is -4.46. The fraction of sp³-hybridized carbons (Fsp3) is 0.578. The number of carbonyl (C=O) groups excluding carboxylic acids is 1. The summed E-state index contributed by atoms with van der Waals surface area (Å²) < 4.78 is 116. The summed E-state index contributed by atoms with van der Waals surface area (Å²) in [6.07, 6.45) is -5.01. The molecule has 2 saturated heterocycles. The molecule has 8 rings (SSSR count). The summed E-state index contributed by atoms with van der Waals surface area (Å²) in [4.78, 5) is 53.6. The largest absolute Gasteiger partial charge is 0.475 e. The lowest BCUT2D eigenvalue weighted by Crippen LogP contribution is -2.65. The highest BCUT2D eigenvalue weighted by atomic mass is 31.2. The molecule has 1 saturated carbocycles. The molecule has 28 heteroatoms. The number of amides is 1. The van der Waals surface area contributed by atoms with E-state index in [-0.39, 0.29) is 69.6 Å². The Morgan fingerprint density at radius 1 is 0.986 bits per heavy atom. The number of fused-ring (bicyclic) bond motifs is 3. The first-order valence-corrected chi connectivity index (χ1v) is 30.7. The summed E-state index contributed by atoms with van der Waals surface area (Å²) in [6.45, 7) is 15.2. The fourth-order valence-electron chi connectivity index (χ4n) is 10.2. The van der Waals surface area contributed by atoms with E-state index in [0.29, 0.717) is 5.56 Å². The van der Waals surface area contributed by atoms with E-state index < -0.39 is 112 Å². The van der Waals surface area contributed by atoms with Gasteiger partial charge in [0, 0.05) is 31.3 Å². The van der Waals surface area contributed by atoms with Crippen molar-refractivity contribution >= 4 is 67.1 Å². The van der Waals surface area contributed by atoms with Gasteiger partial charge in [-0.25, -0.2) is 33.3 Å². The predicted molar refractivity (Wildman–Crippen MR) is 265 cm³/mol. The van der Waals surface area contributed by atoms with Crippen LogP contribution in [-0.4, -0.2) is 112 Å². The van der Waals surface area contributed by atoms with Gasteiger partial charge in [0.1, 0.15) is 30.0 Å². The first-order chi connectivity index (χ1) is 34.6. The Balaban J connectivity index is 1.16. The van der Waals surface area contributed by atoms with Crippen LogP contribution in [-0.2, 0) is 52.0 Å². The standard InChI is InChI=1S/C45H61F2N9O13P2Si2/c1-25(2)72(26(3)4)64-20-30-18-32(55-19-31(46)34-41(55)52-23-54(9)44(34)58)38(37(30)68-73(69-72,27(5)6)28(7)8)67-71(61,62-17-13-16-48)63-21-33-39(66-70(59)60)35(47)45(65-33)56-24-51-36-40(49-22-50-42(36)56)53-43(57)29-14-11-10-12-15-29/h10-12,14-15,19,22-28,30,32-33,35,37-39,45,70H,13,17-18,20-21H2,1-9H3,(H,59,60)(H,49,50,53,57)/t30-,32-,33-,35-,37-,38+,39-,45-,71?/m1/s1. The van der Waals surface area contributed by atoms with Crippen molar-refractivity contribution in [2.75, 3.05) is 25.1 Å². The second-order valence-electron chi connectivity index (χ2n) is 19.6. The number of halogens is 2. The summed E-state index contributed by atoms with van der Waals surface area (Å²) in [5.41, 5.74) is -0.599. The van der Waals surface area contributed by atoms with Crippen molar-refractivity contribution in [1.82, 2.24) is 33.6 Å². The Labute approximate surface area is 422 Å². The molecule has 1 amide bonds. The van der Waals surface area contributed by atoms with Gasteiger partial charge in [-0.3, -0.25) is 32.3 Å². The normalized spacial score (nSPS) is 26.3. The van der Waals surface area contributed by atoms with Crippen LogP contribution in [0.1, 0.15) is 90.9 Å². The maximum absolute atomic E-state index is 16.8. The summed E-state index contributed by atoms with van der Waals surface area (Å²) in [5.74, 6) is -1.87. The van der Waals surface area contributed by atoms with Crippen molar-refractivity contribution < 1.29 is 63.4 Å². The van der Waals surface area contributed by atoms with Crippen molar-refractivity contribution in [2.24, 2.45) is 13.0 Å². The molecule has 396 valence electrons. The second-order valence-corrected chi connectivity index (χ2v) is 30.9. The van der Waals surface area contributed by atoms with E-state index >= 15 is 13.3 Å². The number of anilines is 1. The molecule has 1 aliphatic carbocycles. The van der Waals surface area contributed by atoms with Gasteiger partial charge < -0.3 is 41.6 Å². The third-order valence-electron chi connectivity index (χ3n) is 13.8. The van der Waals surface area contributed by atoms with Gasteiger partial charge in [-0.05, 0) is 40.7 Å². The van der Waals surface area contributed by atoms with Crippen LogP contribution in [0.2, 0.25) is 22.2 Å². The van der Waals surface area contributed by atoms with Gasteiger partial charge in [0.15, 0.2) is 40.8 Å². The zero-order valence-electron chi connectivity index (χ0n) is 41.8. The number of aryl methyl sites for hydroxylation is 1. The summed E-state index contributed by atoms with van der Waals surface area (Å²) in [5, 5.41) is 11.9. The zero-order chi connectivity index (χ0) is 52.7. The number of carbonyl (C=O) groups is 1. The Kier molecular flexibility index (Phi) is 16.5. The van der Waals surface area contributed by atoms with Crippen molar-refractivity contribution in [3.8, 4) is 6.07 Å². The van der Waals surface area contributed by atoms with E-state index in [4.69, 9.17) is 35.8 Å². The minimum absolute atomic E-state index is 0.00222. The summed E-state index contributed by atoms with van der Waals surface area (Å²) in [7, 11) is -14.0. The Morgan fingerprint density at radius 3 is 2.34 bits per heavy atom. The van der Waals surface area contributed by atoms with Gasteiger partial charge >= 0.3 is 33.2 Å². The number of nitriles is 1. The lowest BCUT2D eigenvalue weighted by atomic mass is 10.1.